The van der Waals surface area contributed by atoms with E-state index in [2.05, 4.69) is 26.1 Å². The van der Waals surface area contributed by atoms with Crippen molar-refractivity contribution in [2.24, 2.45) is 0 Å². The molecule has 0 radical (unpaired) electrons. The average molecular weight is 267 g/mol. The van der Waals surface area contributed by atoms with Crippen LogP contribution in [0.2, 0.25) is 0 Å². The maximum Gasteiger partial charge on any atom is 0.126 e. The summed E-state index contributed by atoms with van der Waals surface area (Å²) < 4.78 is 10.8. The van der Waals surface area contributed by atoms with E-state index in [9.17, 15) is 0 Å². The van der Waals surface area contributed by atoms with Gasteiger partial charge in [-0.1, -0.05) is 13.8 Å². The standard InChI is InChI=1S/C15H25NO3/c1-11-8-12(18-4)9-13(19-5)14(11)15(2,3)10-16-6-7-17/h8-9,16-17H,6-7,10H2,1-5H3. The van der Waals surface area contributed by atoms with Crippen molar-refractivity contribution in [3.8, 4) is 11.5 Å². The minimum atomic E-state index is -0.0864. The summed E-state index contributed by atoms with van der Waals surface area (Å²) in [4.78, 5) is 0. The van der Waals surface area contributed by atoms with Crippen molar-refractivity contribution in [3.63, 3.8) is 0 Å². The van der Waals surface area contributed by atoms with E-state index in [0.717, 1.165) is 23.6 Å². The Morgan fingerprint density at radius 3 is 2.42 bits per heavy atom. The number of benzene rings is 1. The summed E-state index contributed by atoms with van der Waals surface area (Å²) in [5, 5.41) is 12.1. The quantitative estimate of drug-likeness (QED) is 0.741. The van der Waals surface area contributed by atoms with Crippen molar-refractivity contribution in [3.05, 3.63) is 23.3 Å². The normalized spacial score (nSPS) is 11.5. The molecule has 0 aromatic heterocycles. The van der Waals surface area contributed by atoms with Crippen molar-refractivity contribution in [1.29, 1.82) is 0 Å². The summed E-state index contributed by atoms with van der Waals surface area (Å²) in [7, 11) is 3.33. The second kappa shape index (κ2) is 6.78. The molecule has 0 spiro atoms. The molecule has 1 rings (SSSR count). The van der Waals surface area contributed by atoms with Crippen LogP contribution in [-0.4, -0.2) is 39.0 Å². The topological polar surface area (TPSA) is 50.7 Å². The van der Waals surface area contributed by atoms with Crippen molar-refractivity contribution in [2.75, 3.05) is 33.9 Å². The minimum absolute atomic E-state index is 0.0864. The molecule has 0 saturated heterocycles. The lowest BCUT2D eigenvalue weighted by Gasteiger charge is -2.29. The smallest absolute Gasteiger partial charge is 0.126 e. The van der Waals surface area contributed by atoms with E-state index >= 15 is 0 Å². The number of hydrogen-bond acceptors (Lipinski definition) is 4. The molecule has 1 aromatic rings. The Hall–Kier alpha value is -1.26. The molecule has 0 aliphatic rings. The van der Waals surface area contributed by atoms with Gasteiger partial charge in [0.2, 0.25) is 0 Å². The summed E-state index contributed by atoms with van der Waals surface area (Å²) in [5.74, 6) is 1.64. The number of ether oxygens (including phenoxy) is 2. The van der Waals surface area contributed by atoms with E-state index in [1.54, 1.807) is 14.2 Å². The molecular weight excluding hydrogens is 242 g/mol. The summed E-state index contributed by atoms with van der Waals surface area (Å²) in [6.07, 6.45) is 0. The predicted molar refractivity (Wildman–Crippen MR) is 77.3 cm³/mol. The molecule has 0 aliphatic carbocycles. The molecule has 0 unspecified atom stereocenters. The van der Waals surface area contributed by atoms with Gasteiger partial charge >= 0.3 is 0 Å². The first kappa shape index (κ1) is 15.8. The summed E-state index contributed by atoms with van der Waals surface area (Å²) in [6, 6.07) is 3.93. The van der Waals surface area contributed by atoms with Crippen LogP contribution in [0, 0.1) is 6.92 Å². The highest BCUT2D eigenvalue weighted by Gasteiger charge is 2.26. The van der Waals surface area contributed by atoms with Crippen molar-refractivity contribution >= 4 is 0 Å². The minimum Gasteiger partial charge on any atom is -0.497 e. The largest absolute Gasteiger partial charge is 0.497 e. The van der Waals surface area contributed by atoms with E-state index in [4.69, 9.17) is 14.6 Å². The monoisotopic (exact) mass is 267 g/mol. The Kier molecular flexibility index (Phi) is 5.63. The first-order valence-electron chi connectivity index (χ1n) is 6.51. The van der Waals surface area contributed by atoms with Crippen LogP contribution in [0.25, 0.3) is 0 Å². The number of hydrogen-bond donors (Lipinski definition) is 2. The van der Waals surface area contributed by atoms with Crippen molar-refractivity contribution in [2.45, 2.75) is 26.2 Å². The molecule has 0 bridgehead atoms. The van der Waals surface area contributed by atoms with Crippen LogP contribution in [0.5, 0.6) is 11.5 Å². The first-order valence-corrected chi connectivity index (χ1v) is 6.51. The van der Waals surface area contributed by atoms with Crippen LogP contribution in [-0.2, 0) is 5.41 Å². The molecule has 4 heteroatoms. The third kappa shape index (κ3) is 3.85. The fourth-order valence-corrected chi connectivity index (χ4v) is 2.44. The average Bonchev–Trinajstić information content (AvgIpc) is 2.37. The van der Waals surface area contributed by atoms with Gasteiger partial charge in [-0.2, -0.15) is 0 Å². The number of rotatable bonds is 7. The van der Waals surface area contributed by atoms with Gasteiger partial charge in [0, 0.05) is 30.1 Å². The molecular formula is C15H25NO3. The fourth-order valence-electron chi connectivity index (χ4n) is 2.44. The molecule has 0 aliphatic heterocycles. The first-order chi connectivity index (χ1) is 8.96. The lowest BCUT2D eigenvalue weighted by atomic mass is 9.81. The van der Waals surface area contributed by atoms with Gasteiger partial charge in [-0.3, -0.25) is 0 Å². The van der Waals surface area contributed by atoms with Crippen molar-refractivity contribution < 1.29 is 14.6 Å². The molecule has 0 saturated carbocycles. The van der Waals surface area contributed by atoms with E-state index in [1.807, 2.05) is 12.1 Å². The molecule has 0 fully saturated rings. The van der Waals surface area contributed by atoms with Gasteiger partial charge in [0.25, 0.3) is 0 Å². The lowest BCUT2D eigenvalue weighted by Crippen LogP contribution is -2.35. The van der Waals surface area contributed by atoms with Crippen LogP contribution >= 0.6 is 0 Å². The van der Waals surface area contributed by atoms with Gasteiger partial charge in [-0.05, 0) is 18.6 Å². The highest BCUT2D eigenvalue weighted by Crippen LogP contribution is 2.37. The second-order valence-corrected chi connectivity index (χ2v) is 5.31. The van der Waals surface area contributed by atoms with Crippen LogP contribution in [0.3, 0.4) is 0 Å². The zero-order valence-electron chi connectivity index (χ0n) is 12.5. The fraction of sp³-hybridized carbons (Fsp3) is 0.600. The molecule has 2 N–H and O–H groups in total. The number of aryl methyl sites for hydroxylation is 1. The van der Waals surface area contributed by atoms with Crippen LogP contribution < -0.4 is 14.8 Å². The van der Waals surface area contributed by atoms with Gasteiger partial charge in [0.1, 0.15) is 11.5 Å². The van der Waals surface area contributed by atoms with Gasteiger partial charge in [0.05, 0.1) is 20.8 Å². The predicted octanol–water partition coefficient (Wildman–Crippen LogP) is 1.87. The highest BCUT2D eigenvalue weighted by atomic mass is 16.5. The maximum atomic E-state index is 8.85. The molecule has 4 nitrogen and oxygen atoms in total. The molecule has 0 heterocycles. The third-order valence-corrected chi connectivity index (χ3v) is 3.26. The van der Waals surface area contributed by atoms with E-state index in [1.165, 1.54) is 5.56 Å². The van der Waals surface area contributed by atoms with Gasteiger partial charge < -0.3 is 19.9 Å². The zero-order chi connectivity index (χ0) is 14.5. The Balaban J connectivity index is 3.09. The molecule has 108 valence electrons. The highest BCUT2D eigenvalue weighted by molar-refractivity contribution is 5.50. The van der Waals surface area contributed by atoms with Crippen LogP contribution in [0.1, 0.15) is 25.0 Å². The van der Waals surface area contributed by atoms with Crippen LogP contribution in [0.15, 0.2) is 12.1 Å². The Morgan fingerprint density at radius 1 is 1.21 bits per heavy atom. The van der Waals surface area contributed by atoms with E-state index in [-0.39, 0.29) is 12.0 Å². The summed E-state index contributed by atoms with van der Waals surface area (Å²) in [6.45, 7) is 7.91. The second-order valence-electron chi connectivity index (χ2n) is 5.31. The van der Waals surface area contributed by atoms with Crippen molar-refractivity contribution in [1.82, 2.24) is 5.32 Å². The number of methoxy groups -OCH3 is 2. The van der Waals surface area contributed by atoms with E-state index in [0.29, 0.717) is 6.54 Å². The maximum absolute atomic E-state index is 8.85. The summed E-state index contributed by atoms with van der Waals surface area (Å²) >= 11 is 0. The van der Waals surface area contributed by atoms with Gasteiger partial charge in [-0.25, -0.2) is 0 Å². The van der Waals surface area contributed by atoms with Gasteiger partial charge in [-0.15, -0.1) is 0 Å². The lowest BCUT2D eigenvalue weighted by molar-refractivity contribution is 0.285. The number of aliphatic hydroxyl groups is 1. The Bertz CT molecular complexity index is 416. The summed E-state index contributed by atoms with van der Waals surface area (Å²) in [5.41, 5.74) is 2.23. The molecule has 1 aromatic carbocycles. The SMILES string of the molecule is COc1cc(C)c(C(C)(C)CNCCO)c(OC)c1. The molecule has 19 heavy (non-hydrogen) atoms. The zero-order valence-corrected chi connectivity index (χ0v) is 12.5. The molecule has 0 amide bonds. The molecule has 0 atom stereocenters. The third-order valence-electron chi connectivity index (χ3n) is 3.26. The number of nitrogens with one attached hydrogen (secondary N) is 1. The van der Waals surface area contributed by atoms with Crippen LogP contribution in [0.4, 0.5) is 0 Å². The van der Waals surface area contributed by atoms with E-state index < -0.39 is 0 Å². The number of aliphatic hydroxyl groups excluding tert-OH is 1. The van der Waals surface area contributed by atoms with Gasteiger partial charge in [0.15, 0.2) is 0 Å². The Morgan fingerprint density at radius 2 is 1.89 bits per heavy atom. The Labute approximate surface area is 115 Å².